The number of benzene rings is 2. The molecule has 2 aromatic carbocycles. The molecule has 1 amide bonds. The van der Waals surface area contributed by atoms with Crippen LogP contribution in [0.1, 0.15) is 40.5 Å². The maximum atomic E-state index is 13.9. The van der Waals surface area contributed by atoms with E-state index in [-0.39, 0.29) is 23.2 Å². The van der Waals surface area contributed by atoms with Crippen molar-refractivity contribution in [3.8, 4) is 6.07 Å². The Bertz CT molecular complexity index is 1480. The summed E-state index contributed by atoms with van der Waals surface area (Å²) in [6.07, 6.45) is 7.18. The summed E-state index contributed by atoms with van der Waals surface area (Å²) in [7, 11) is 0.191. The van der Waals surface area contributed by atoms with Crippen LogP contribution in [-0.2, 0) is 23.4 Å². The number of carbonyl (C=O) groups excluding carboxylic acids is 1. The highest BCUT2D eigenvalue weighted by atomic mass is 32.2. The van der Waals surface area contributed by atoms with Crippen molar-refractivity contribution in [1.82, 2.24) is 9.29 Å². The van der Waals surface area contributed by atoms with Crippen LogP contribution in [0.3, 0.4) is 0 Å². The Morgan fingerprint density at radius 1 is 1.31 bits per heavy atom. The molecule has 9 heteroatoms. The number of amides is 1. The molecule has 2 N–H and O–H groups in total. The number of aromatic nitrogens is 1. The number of halogens is 1. The molecule has 1 aromatic heterocycles. The predicted octanol–water partition coefficient (Wildman–Crippen LogP) is 4.91. The van der Waals surface area contributed by atoms with Crippen molar-refractivity contribution in [2.75, 3.05) is 12.4 Å². The molecule has 2 heterocycles. The van der Waals surface area contributed by atoms with Gasteiger partial charge in [-0.1, -0.05) is 49.4 Å². The zero-order valence-electron chi connectivity index (χ0n) is 20.4. The van der Waals surface area contributed by atoms with Gasteiger partial charge in [0, 0.05) is 37.6 Å². The molecular weight excluding hydrogens is 477 g/mol. The summed E-state index contributed by atoms with van der Waals surface area (Å²) in [5.74, 6) is -0.969. The lowest BCUT2D eigenvalue weighted by molar-refractivity contribution is 0.101. The number of anilines is 1. The highest BCUT2D eigenvalue weighted by Crippen LogP contribution is 2.30. The Morgan fingerprint density at radius 3 is 2.75 bits per heavy atom. The molecule has 0 saturated heterocycles. The fraction of sp³-hybridized carbons (Fsp3) is 0.259. The number of nitrogens with zero attached hydrogens (tertiary/aromatic N) is 3. The Labute approximate surface area is 211 Å². The van der Waals surface area contributed by atoms with Crippen molar-refractivity contribution in [3.63, 3.8) is 0 Å². The molecule has 2 unspecified atom stereocenters. The summed E-state index contributed by atoms with van der Waals surface area (Å²) in [5, 5.41) is 11.8. The fourth-order valence-electron chi connectivity index (χ4n) is 4.32. The molecule has 186 valence electrons. The topological polar surface area (TPSA) is 99.3 Å². The lowest BCUT2D eigenvalue weighted by Gasteiger charge is -2.23. The molecule has 0 aliphatic carbocycles. The lowest BCUT2D eigenvalue weighted by atomic mass is 9.94. The maximum absolute atomic E-state index is 13.9. The van der Waals surface area contributed by atoms with Gasteiger partial charge in [0.15, 0.2) is 0 Å². The van der Waals surface area contributed by atoms with Crippen LogP contribution < -0.4 is 10.0 Å². The highest BCUT2D eigenvalue weighted by molar-refractivity contribution is 7.91. The molecule has 3 atom stereocenters. The number of aryl methyl sites for hydroxylation is 2. The maximum Gasteiger partial charge on any atom is 0.272 e. The first kappa shape index (κ1) is 25.4. The number of carbonyl (C=O) groups is 1. The van der Waals surface area contributed by atoms with Crippen molar-refractivity contribution in [3.05, 3.63) is 89.0 Å². The Kier molecular flexibility index (Phi) is 7.38. The van der Waals surface area contributed by atoms with Gasteiger partial charge in [0.1, 0.15) is 27.5 Å². The average Bonchev–Trinajstić information content (AvgIpc) is 3.16. The van der Waals surface area contributed by atoms with Crippen LogP contribution in [0.2, 0.25) is 0 Å². The minimum Gasteiger partial charge on any atom is -0.345 e. The van der Waals surface area contributed by atoms with E-state index in [1.165, 1.54) is 24.7 Å². The van der Waals surface area contributed by atoms with E-state index in [2.05, 4.69) is 33.5 Å². The fourth-order valence-corrected chi connectivity index (χ4v) is 6.19. The van der Waals surface area contributed by atoms with E-state index >= 15 is 0 Å². The van der Waals surface area contributed by atoms with Crippen LogP contribution >= 0.6 is 0 Å². The summed E-state index contributed by atoms with van der Waals surface area (Å²) in [4.78, 5) is 13.7. The molecule has 0 radical (unpaired) electrons. The quantitative estimate of drug-likeness (QED) is 0.498. The molecule has 1 aliphatic rings. The zero-order valence-corrected chi connectivity index (χ0v) is 21.2. The van der Waals surface area contributed by atoms with Gasteiger partial charge in [0.25, 0.3) is 5.91 Å². The average molecular weight is 506 g/mol. The summed E-state index contributed by atoms with van der Waals surface area (Å²) < 4.78 is 36.7. The van der Waals surface area contributed by atoms with Gasteiger partial charge < -0.3 is 9.88 Å². The Morgan fingerprint density at radius 2 is 2.06 bits per heavy atom. The second-order valence-corrected chi connectivity index (χ2v) is 10.9. The van der Waals surface area contributed by atoms with Crippen molar-refractivity contribution in [2.45, 2.75) is 30.7 Å². The zero-order chi connectivity index (χ0) is 25.9. The van der Waals surface area contributed by atoms with E-state index in [4.69, 9.17) is 5.26 Å². The standard InChI is InChI=1S/C27H28FN5O2S/c1-18(9-10-19-7-5-4-6-8-19)24-14-12-22-25(36(35,30-2)32-24)17-33(3)26(22)27(34)31-21-11-13-23(28)20(15-21)16-29/h4-8,11-15,17-18,24H,9-10H2,1-3H3,(H,31,34)(H,30,32,35)/t18?,24-,36?/m1/s1. The van der Waals surface area contributed by atoms with Crippen molar-refractivity contribution in [2.24, 2.45) is 17.3 Å². The van der Waals surface area contributed by atoms with Crippen LogP contribution in [0.25, 0.3) is 6.08 Å². The van der Waals surface area contributed by atoms with E-state index in [1.807, 2.05) is 30.4 Å². The molecule has 3 aromatic rings. The number of nitriles is 1. The smallest absolute Gasteiger partial charge is 0.272 e. The number of hydrogen-bond acceptors (Lipinski definition) is 4. The molecule has 1 aliphatic heterocycles. The van der Waals surface area contributed by atoms with Gasteiger partial charge in [-0.05, 0) is 42.5 Å². The van der Waals surface area contributed by atoms with E-state index in [1.54, 1.807) is 23.9 Å². The first-order valence-electron chi connectivity index (χ1n) is 11.6. The molecule has 0 spiro atoms. The normalized spacial score (nSPS) is 19.6. The predicted molar refractivity (Wildman–Crippen MR) is 139 cm³/mol. The van der Waals surface area contributed by atoms with Gasteiger partial charge in [-0.3, -0.25) is 4.79 Å². The lowest BCUT2D eigenvalue weighted by Crippen LogP contribution is -2.37. The molecule has 0 fully saturated rings. The van der Waals surface area contributed by atoms with E-state index in [0.29, 0.717) is 16.2 Å². The van der Waals surface area contributed by atoms with Gasteiger partial charge >= 0.3 is 0 Å². The third kappa shape index (κ3) is 5.10. The SMILES string of the molecule is CN=S1(=O)N[C@@H](C(C)CCc2ccccc2)C=Cc2c1cn(C)c2C(=O)Nc1ccc(F)c(C#N)c1. The van der Waals surface area contributed by atoms with E-state index in [0.717, 1.165) is 18.9 Å². The first-order chi connectivity index (χ1) is 17.3. The second-order valence-electron chi connectivity index (χ2n) is 8.84. The Balaban J connectivity index is 1.63. The summed E-state index contributed by atoms with van der Waals surface area (Å²) in [6, 6.07) is 15.6. The highest BCUT2D eigenvalue weighted by Gasteiger charge is 2.30. The molecular formula is C27H28FN5O2S. The minimum absolute atomic E-state index is 0.155. The van der Waals surface area contributed by atoms with Crippen LogP contribution in [0.4, 0.5) is 10.1 Å². The summed E-state index contributed by atoms with van der Waals surface area (Å²) in [6.45, 7) is 2.10. The van der Waals surface area contributed by atoms with Gasteiger partial charge in [0.05, 0.1) is 10.5 Å². The van der Waals surface area contributed by atoms with Crippen molar-refractivity contribution >= 4 is 27.6 Å². The molecule has 0 saturated carbocycles. The number of rotatable bonds is 6. The van der Waals surface area contributed by atoms with Crippen LogP contribution in [0, 0.1) is 23.1 Å². The van der Waals surface area contributed by atoms with Crippen LogP contribution in [-0.4, -0.2) is 27.8 Å². The third-order valence-electron chi connectivity index (χ3n) is 6.41. The monoisotopic (exact) mass is 505 g/mol. The number of nitrogens with one attached hydrogen (secondary N) is 2. The molecule has 4 rings (SSSR count). The summed E-state index contributed by atoms with van der Waals surface area (Å²) >= 11 is 0. The third-order valence-corrected chi connectivity index (χ3v) is 8.44. The van der Waals surface area contributed by atoms with Gasteiger partial charge in [-0.25, -0.2) is 17.7 Å². The molecule has 0 bridgehead atoms. The van der Waals surface area contributed by atoms with E-state index in [9.17, 15) is 13.4 Å². The second kappa shape index (κ2) is 10.5. The number of fused-ring (bicyclic) bond motifs is 1. The molecule has 7 nitrogen and oxygen atoms in total. The molecule has 36 heavy (non-hydrogen) atoms. The van der Waals surface area contributed by atoms with Crippen LogP contribution in [0.5, 0.6) is 0 Å². The number of hydrogen-bond donors (Lipinski definition) is 2. The van der Waals surface area contributed by atoms with Gasteiger partial charge in [-0.2, -0.15) is 5.26 Å². The van der Waals surface area contributed by atoms with Gasteiger partial charge in [-0.15, -0.1) is 0 Å². The van der Waals surface area contributed by atoms with Crippen molar-refractivity contribution in [1.29, 1.82) is 5.26 Å². The largest absolute Gasteiger partial charge is 0.345 e. The van der Waals surface area contributed by atoms with E-state index < -0.39 is 21.6 Å². The minimum atomic E-state index is -3.01. The van der Waals surface area contributed by atoms with Crippen molar-refractivity contribution < 1.29 is 13.4 Å². The first-order valence-corrected chi connectivity index (χ1v) is 13.1. The Hall–Kier alpha value is -3.74. The van der Waals surface area contributed by atoms with Gasteiger partial charge in [0.2, 0.25) is 0 Å². The summed E-state index contributed by atoms with van der Waals surface area (Å²) in [5.41, 5.74) is 2.17. The van der Waals surface area contributed by atoms with Crippen LogP contribution in [0.15, 0.2) is 70.1 Å².